The van der Waals surface area contributed by atoms with Gasteiger partial charge in [-0.1, -0.05) is 19.1 Å². The van der Waals surface area contributed by atoms with Gasteiger partial charge in [0, 0.05) is 62.9 Å². The van der Waals surface area contributed by atoms with Crippen LogP contribution in [0.25, 0.3) is 0 Å². The Morgan fingerprint density at radius 3 is 2.53 bits per heavy atom. The molecule has 3 atom stereocenters. The van der Waals surface area contributed by atoms with Gasteiger partial charge in [0.05, 0.1) is 37.8 Å². The molecule has 3 N–H and O–H groups in total. The van der Waals surface area contributed by atoms with Crippen molar-refractivity contribution in [1.82, 2.24) is 14.7 Å². The number of carbonyl (C=O) groups excluding carboxylic acids is 2. The highest BCUT2D eigenvalue weighted by molar-refractivity contribution is 5.91. The van der Waals surface area contributed by atoms with Crippen LogP contribution in [0.2, 0.25) is 0 Å². The number of rotatable bonds is 11. The number of likely N-dealkylation sites (N-methyl/N-ethyl adjacent to an activating group) is 1. The first-order valence-corrected chi connectivity index (χ1v) is 14.9. The fourth-order valence-electron chi connectivity index (χ4n) is 5.47. The molecule has 0 spiro atoms. The van der Waals surface area contributed by atoms with Crippen LogP contribution in [0.1, 0.15) is 41.8 Å². The maximum Gasteiger partial charge on any atom is 0.335 e. The number of hydrogen-bond acceptors (Lipinski definition) is 8. The van der Waals surface area contributed by atoms with Crippen molar-refractivity contribution in [2.45, 2.75) is 45.4 Å². The number of anilines is 1. The number of ether oxygens (including phenoxy) is 2. The third-order valence-electron chi connectivity index (χ3n) is 8.10. The number of aliphatic hydroxyl groups is 1. The number of nitrogens with zero attached hydrogens (tertiary/aromatic N) is 3. The number of aromatic carboxylic acids is 1. The van der Waals surface area contributed by atoms with Crippen molar-refractivity contribution in [1.29, 1.82) is 0 Å². The molecule has 43 heavy (non-hydrogen) atoms. The molecule has 0 aromatic heterocycles. The molecule has 2 aliphatic heterocycles. The van der Waals surface area contributed by atoms with Crippen molar-refractivity contribution >= 4 is 23.5 Å². The van der Waals surface area contributed by atoms with E-state index < -0.39 is 5.97 Å². The van der Waals surface area contributed by atoms with E-state index in [1.807, 2.05) is 45.2 Å². The number of benzene rings is 2. The van der Waals surface area contributed by atoms with E-state index in [1.165, 1.54) is 0 Å². The summed E-state index contributed by atoms with van der Waals surface area (Å²) >= 11 is 0. The highest BCUT2D eigenvalue weighted by Crippen LogP contribution is 2.29. The number of carboxylic acids is 1. The minimum atomic E-state index is -0.960. The maximum atomic E-state index is 13.5. The van der Waals surface area contributed by atoms with Crippen LogP contribution < -0.4 is 10.1 Å². The van der Waals surface area contributed by atoms with Crippen molar-refractivity contribution < 1.29 is 34.1 Å². The molecule has 1 fully saturated rings. The van der Waals surface area contributed by atoms with Gasteiger partial charge in [0.1, 0.15) is 11.9 Å². The normalized spacial score (nSPS) is 20.4. The summed E-state index contributed by atoms with van der Waals surface area (Å²) in [6, 6.07) is 11.9. The van der Waals surface area contributed by atoms with E-state index in [0.29, 0.717) is 62.8 Å². The highest BCUT2D eigenvalue weighted by Gasteiger charge is 2.31. The molecule has 2 aliphatic rings. The molecule has 4 rings (SSSR count). The lowest BCUT2D eigenvalue weighted by Crippen LogP contribution is -2.47. The largest absolute Gasteiger partial charge is 0.488 e. The minimum absolute atomic E-state index is 0.0553. The molecule has 1 saturated heterocycles. The minimum Gasteiger partial charge on any atom is -0.488 e. The van der Waals surface area contributed by atoms with Gasteiger partial charge in [0.25, 0.3) is 0 Å². The number of carbonyl (C=O) groups is 3. The Balaban J connectivity index is 1.49. The second kappa shape index (κ2) is 15.3. The second-order valence-corrected chi connectivity index (χ2v) is 11.7. The molecule has 2 aromatic carbocycles. The van der Waals surface area contributed by atoms with Gasteiger partial charge in [-0.2, -0.15) is 0 Å². The fourth-order valence-corrected chi connectivity index (χ4v) is 5.47. The average molecular weight is 597 g/mol. The third kappa shape index (κ3) is 9.24. The molecule has 0 radical (unpaired) electrons. The van der Waals surface area contributed by atoms with Gasteiger partial charge in [0.2, 0.25) is 11.8 Å². The fraction of sp³-hybridized carbons (Fsp3) is 0.531. The Morgan fingerprint density at radius 1 is 1.14 bits per heavy atom. The van der Waals surface area contributed by atoms with Crippen molar-refractivity contribution in [3.05, 3.63) is 59.2 Å². The van der Waals surface area contributed by atoms with Crippen molar-refractivity contribution in [3.63, 3.8) is 0 Å². The van der Waals surface area contributed by atoms with Crippen LogP contribution in [0.5, 0.6) is 5.75 Å². The third-order valence-corrected chi connectivity index (χ3v) is 8.10. The van der Waals surface area contributed by atoms with Crippen molar-refractivity contribution in [2.75, 3.05) is 64.9 Å². The van der Waals surface area contributed by atoms with Crippen LogP contribution in [0, 0.1) is 5.92 Å². The zero-order valence-electron chi connectivity index (χ0n) is 25.3. The Morgan fingerprint density at radius 2 is 1.86 bits per heavy atom. The summed E-state index contributed by atoms with van der Waals surface area (Å²) in [6.45, 7) is 8.95. The first-order chi connectivity index (χ1) is 20.6. The predicted molar refractivity (Wildman–Crippen MR) is 162 cm³/mol. The van der Waals surface area contributed by atoms with Gasteiger partial charge in [-0.15, -0.1) is 0 Å². The van der Waals surface area contributed by atoms with Gasteiger partial charge in [-0.25, -0.2) is 4.79 Å². The van der Waals surface area contributed by atoms with Crippen LogP contribution >= 0.6 is 0 Å². The van der Waals surface area contributed by atoms with Crippen LogP contribution in [0.15, 0.2) is 42.5 Å². The summed E-state index contributed by atoms with van der Waals surface area (Å²) in [5.74, 6) is -0.629. The molecule has 234 valence electrons. The van der Waals surface area contributed by atoms with E-state index >= 15 is 0 Å². The molecule has 2 amide bonds. The van der Waals surface area contributed by atoms with Gasteiger partial charge >= 0.3 is 5.97 Å². The summed E-state index contributed by atoms with van der Waals surface area (Å²) in [4.78, 5) is 43.5. The zero-order chi connectivity index (χ0) is 30.9. The molecule has 2 heterocycles. The number of amides is 2. The zero-order valence-corrected chi connectivity index (χ0v) is 25.3. The molecule has 2 aromatic rings. The van der Waals surface area contributed by atoms with Gasteiger partial charge in [-0.05, 0) is 49.9 Å². The summed E-state index contributed by atoms with van der Waals surface area (Å²) < 4.78 is 12.0. The SMILES string of the molecule is C[C@@H]1CN([C@@H](C)CO)C(=O)Cc2cc(NC(=O)CCN3CCOCC3)ccc2O[C@@H]1CN(C)Cc1ccc(C(=O)O)cc1. The number of morpholine rings is 1. The van der Waals surface area contributed by atoms with E-state index in [-0.39, 0.29) is 48.5 Å². The van der Waals surface area contributed by atoms with Crippen LogP contribution in [0.4, 0.5) is 5.69 Å². The quantitative estimate of drug-likeness (QED) is 0.358. The summed E-state index contributed by atoms with van der Waals surface area (Å²) in [5, 5.41) is 22.1. The number of fused-ring (bicyclic) bond motifs is 1. The second-order valence-electron chi connectivity index (χ2n) is 11.7. The Bertz CT molecular complexity index is 1250. The number of nitrogens with one attached hydrogen (secondary N) is 1. The van der Waals surface area contributed by atoms with Gasteiger partial charge < -0.3 is 29.9 Å². The Kier molecular flexibility index (Phi) is 11.5. The lowest BCUT2D eigenvalue weighted by Gasteiger charge is -2.34. The molecule has 0 aliphatic carbocycles. The Labute approximate surface area is 253 Å². The lowest BCUT2D eigenvalue weighted by molar-refractivity contribution is -0.134. The average Bonchev–Trinajstić information content (AvgIpc) is 3.04. The van der Waals surface area contributed by atoms with Crippen LogP contribution in [0.3, 0.4) is 0 Å². The predicted octanol–water partition coefficient (Wildman–Crippen LogP) is 2.33. The van der Waals surface area contributed by atoms with E-state index in [2.05, 4.69) is 15.1 Å². The number of hydrogen-bond donors (Lipinski definition) is 3. The number of carboxylic acid groups (broad SMARTS) is 1. The van der Waals surface area contributed by atoms with E-state index in [0.717, 1.165) is 18.7 Å². The topological polar surface area (TPSA) is 132 Å². The highest BCUT2D eigenvalue weighted by atomic mass is 16.5. The molecular formula is C32H44N4O7. The van der Waals surface area contributed by atoms with E-state index in [9.17, 15) is 24.6 Å². The first kappa shape index (κ1) is 32.4. The molecule has 0 unspecified atom stereocenters. The van der Waals surface area contributed by atoms with Crippen molar-refractivity contribution in [3.8, 4) is 5.75 Å². The summed E-state index contributed by atoms with van der Waals surface area (Å²) in [5.41, 5.74) is 2.50. The van der Waals surface area contributed by atoms with Gasteiger partial charge in [-0.3, -0.25) is 19.4 Å². The van der Waals surface area contributed by atoms with E-state index in [1.54, 1.807) is 23.1 Å². The molecule has 0 bridgehead atoms. The van der Waals surface area contributed by atoms with Crippen LogP contribution in [-0.2, 0) is 27.3 Å². The standard InChI is InChI=1S/C32H44N4O7/c1-22-18-36(23(2)21-37)31(39)17-26-16-27(33-30(38)10-11-35-12-14-42-15-13-35)8-9-28(26)43-29(22)20-34(3)19-24-4-6-25(7-5-24)32(40)41/h4-9,16,22-23,29,37H,10-15,17-21H2,1-3H3,(H,33,38)(H,40,41)/t22-,23+,29-/m1/s1. The van der Waals surface area contributed by atoms with Gasteiger partial charge in [0.15, 0.2) is 0 Å². The molecular weight excluding hydrogens is 552 g/mol. The number of aliphatic hydroxyl groups excluding tert-OH is 1. The summed E-state index contributed by atoms with van der Waals surface area (Å²) in [7, 11) is 1.98. The van der Waals surface area contributed by atoms with Crippen LogP contribution in [-0.4, -0.2) is 114 Å². The Hall–Kier alpha value is -3.51. The van der Waals surface area contributed by atoms with Crippen molar-refractivity contribution in [2.24, 2.45) is 5.92 Å². The molecule has 11 heteroatoms. The molecule has 0 saturated carbocycles. The molecule has 11 nitrogen and oxygen atoms in total. The lowest BCUT2D eigenvalue weighted by atomic mass is 10.0. The first-order valence-electron chi connectivity index (χ1n) is 14.9. The summed E-state index contributed by atoms with van der Waals surface area (Å²) in [6.07, 6.45) is 0.164. The monoisotopic (exact) mass is 596 g/mol. The van der Waals surface area contributed by atoms with E-state index in [4.69, 9.17) is 9.47 Å². The maximum absolute atomic E-state index is 13.5. The smallest absolute Gasteiger partial charge is 0.335 e.